The highest BCUT2D eigenvalue weighted by Crippen LogP contribution is 2.11. The molecular weight excluding hydrogens is 374 g/mol. The van der Waals surface area contributed by atoms with Crippen molar-refractivity contribution in [1.29, 1.82) is 0 Å². The van der Waals surface area contributed by atoms with Crippen molar-refractivity contribution in [3.05, 3.63) is 91.1 Å². The molecule has 0 aliphatic heterocycles. The lowest BCUT2D eigenvalue weighted by atomic mass is 10.2. The van der Waals surface area contributed by atoms with E-state index >= 15 is 0 Å². The summed E-state index contributed by atoms with van der Waals surface area (Å²) in [6.07, 6.45) is 3.09. The first-order valence-electron chi connectivity index (χ1n) is 8.69. The fourth-order valence-electron chi connectivity index (χ4n) is 2.59. The zero-order valence-electron chi connectivity index (χ0n) is 15.6. The summed E-state index contributed by atoms with van der Waals surface area (Å²) in [5.41, 5.74) is 1.03. The second kappa shape index (κ2) is 8.85. The number of benzene rings is 2. The van der Waals surface area contributed by atoms with E-state index in [0.717, 1.165) is 5.56 Å². The van der Waals surface area contributed by atoms with Crippen molar-refractivity contribution < 1.29 is 14.6 Å². The van der Waals surface area contributed by atoms with Crippen molar-refractivity contribution in [2.45, 2.75) is 0 Å². The van der Waals surface area contributed by atoms with E-state index in [1.807, 2.05) is 0 Å². The summed E-state index contributed by atoms with van der Waals surface area (Å²) < 4.78 is 5.09. The van der Waals surface area contributed by atoms with Crippen molar-refractivity contribution in [3.8, 4) is 5.75 Å². The lowest BCUT2D eigenvalue weighted by Gasteiger charge is -2.02. The van der Waals surface area contributed by atoms with Crippen LogP contribution in [0.1, 0.15) is 11.1 Å². The number of anilines is 1. The van der Waals surface area contributed by atoms with Crippen LogP contribution in [0.5, 0.6) is 5.75 Å². The smallest absolute Gasteiger partial charge is 0.272 e. The van der Waals surface area contributed by atoms with E-state index in [-0.39, 0.29) is 10.7 Å². The number of methoxy groups -OCH3 is 1. The fraction of sp³-hybridized carbons (Fsp3) is 0.0952. The third-order valence-corrected chi connectivity index (χ3v) is 4.06. The van der Waals surface area contributed by atoms with Crippen LogP contribution in [0.2, 0.25) is 0 Å². The predicted octanol–water partition coefficient (Wildman–Crippen LogP) is -0.340. The molecule has 0 fully saturated rings. The zero-order chi connectivity index (χ0) is 20.8. The average molecular weight is 393 g/mol. The Hall–Kier alpha value is -3.91. The number of ether oxygens (including phenoxy) is 1. The Bertz CT molecular complexity index is 1240. The summed E-state index contributed by atoms with van der Waals surface area (Å²) in [5, 5.41) is 11.5. The number of nitrogens with one attached hydrogen (secondary N) is 3. The molecule has 0 atom stereocenters. The summed E-state index contributed by atoms with van der Waals surface area (Å²) in [7, 11) is 1.56. The number of aliphatic hydroxyl groups is 1. The maximum atomic E-state index is 12.4. The minimum atomic E-state index is -0.607. The molecule has 0 aliphatic rings. The normalized spacial score (nSPS) is 12.1. The van der Waals surface area contributed by atoms with Crippen LogP contribution in [-0.4, -0.2) is 34.7 Å². The van der Waals surface area contributed by atoms with Gasteiger partial charge in [0.25, 0.3) is 11.1 Å². The lowest BCUT2D eigenvalue weighted by Crippen LogP contribution is -2.46. The van der Waals surface area contributed by atoms with Gasteiger partial charge in [0.1, 0.15) is 23.1 Å². The fourth-order valence-corrected chi connectivity index (χ4v) is 2.59. The summed E-state index contributed by atoms with van der Waals surface area (Å²) in [6, 6.07) is 13.6. The minimum Gasteiger partial charge on any atom is -0.497 e. The molecule has 3 rings (SSSR count). The SMILES string of the molecule is COc1ccc(C=c2[nH]c(=O)c(=Cc3ccc(NC(=O)CO)cc3)[nH]c2=O)cc1. The number of carbonyl (C=O) groups is 1. The van der Waals surface area contributed by atoms with Gasteiger partial charge >= 0.3 is 0 Å². The van der Waals surface area contributed by atoms with Crippen molar-refractivity contribution in [2.24, 2.45) is 0 Å². The molecule has 2 aromatic carbocycles. The van der Waals surface area contributed by atoms with Gasteiger partial charge in [0.05, 0.1) is 7.11 Å². The van der Waals surface area contributed by atoms with E-state index in [9.17, 15) is 14.4 Å². The standard InChI is InChI=1S/C21H19N3O5/c1-29-16-8-4-14(5-9-16)11-18-21(28)23-17(20(27)24-18)10-13-2-6-15(7-3-13)22-19(26)12-25/h2-11,25H,12H2,1H3,(H,22,26)(H,23,28)(H,24,27). The first-order valence-corrected chi connectivity index (χ1v) is 8.69. The Kier molecular flexibility index (Phi) is 6.06. The molecule has 29 heavy (non-hydrogen) atoms. The van der Waals surface area contributed by atoms with Gasteiger partial charge in [-0.1, -0.05) is 24.3 Å². The average Bonchev–Trinajstić information content (AvgIpc) is 2.73. The topological polar surface area (TPSA) is 124 Å². The number of aromatic nitrogens is 2. The summed E-state index contributed by atoms with van der Waals surface area (Å²) >= 11 is 0. The molecule has 0 unspecified atom stereocenters. The Morgan fingerprint density at radius 2 is 1.41 bits per heavy atom. The zero-order valence-corrected chi connectivity index (χ0v) is 15.6. The van der Waals surface area contributed by atoms with Crippen molar-refractivity contribution >= 4 is 23.7 Å². The van der Waals surface area contributed by atoms with Crippen LogP contribution in [0.15, 0.2) is 58.1 Å². The van der Waals surface area contributed by atoms with Crippen LogP contribution in [0, 0.1) is 0 Å². The highest BCUT2D eigenvalue weighted by atomic mass is 16.5. The number of H-pyrrole nitrogens is 2. The lowest BCUT2D eigenvalue weighted by molar-refractivity contribution is -0.118. The molecule has 8 heteroatoms. The number of amides is 1. The summed E-state index contributed by atoms with van der Waals surface area (Å²) in [4.78, 5) is 41.0. The van der Waals surface area contributed by atoms with Crippen LogP contribution in [-0.2, 0) is 4.79 Å². The number of aromatic amines is 2. The second-order valence-electron chi connectivity index (χ2n) is 6.13. The van der Waals surface area contributed by atoms with E-state index in [1.165, 1.54) is 6.08 Å². The monoisotopic (exact) mass is 393 g/mol. The highest BCUT2D eigenvalue weighted by Gasteiger charge is 2.00. The first-order chi connectivity index (χ1) is 14.0. The van der Waals surface area contributed by atoms with Gasteiger partial charge in [-0.15, -0.1) is 0 Å². The number of carbonyl (C=O) groups excluding carboxylic acids is 1. The Balaban J connectivity index is 1.92. The molecule has 8 nitrogen and oxygen atoms in total. The van der Waals surface area contributed by atoms with Crippen LogP contribution >= 0.6 is 0 Å². The quantitative estimate of drug-likeness (QED) is 0.472. The van der Waals surface area contributed by atoms with Gasteiger partial charge in [-0.2, -0.15) is 0 Å². The van der Waals surface area contributed by atoms with Crippen LogP contribution in [0.3, 0.4) is 0 Å². The second-order valence-corrected chi connectivity index (χ2v) is 6.13. The molecular formula is C21H19N3O5. The van der Waals surface area contributed by atoms with Gasteiger partial charge < -0.3 is 25.1 Å². The van der Waals surface area contributed by atoms with Gasteiger partial charge in [0.15, 0.2) is 0 Å². The van der Waals surface area contributed by atoms with E-state index < -0.39 is 23.6 Å². The Morgan fingerprint density at radius 3 is 1.86 bits per heavy atom. The molecule has 0 radical (unpaired) electrons. The van der Waals surface area contributed by atoms with E-state index in [4.69, 9.17) is 9.84 Å². The molecule has 0 saturated carbocycles. The summed E-state index contributed by atoms with van der Waals surface area (Å²) in [6.45, 7) is -0.607. The van der Waals surface area contributed by atoms with Crippen molar-refractivity contribution in [2.75, 3.05) is 19.0 Å². The largest absolute Gasteiger partial charge is 0.497 e. The molecule has 0 aliphatic carbocycles. The number of hydrogen-bond donors (Lipinski definition) is 4. The Morgan fingerprint density at radius 1 is 0.931 bits per heavy atom. The molecule has 148 valence electrons. The van der Waals surface area contributed by atoms with Gasteiger partial charge in [0.2, 0.25) is 5.91 Å². The van der Waals surface area contributed by atoms with Gasteiger partial charge in [-0.25, -0.2) is 0 Å². The summed E-state index contributed by atoms with van der Waals surface area (Å²) in [5.74, 6) is 0.169. The number of rotatable bonds is 5. The van der Waals surface area contributed by atoms with Crippen LogP contribution in [0.4, 0.5) is 5.69 Å². The predicted molar refractivity (Wildman–Crippen MR) is 109 cm³/mol. The van der Waals surface area contributed by atoms with Gasteiger partial charge in [-0.3, -0.25) is 14.4 Å². The van der Waals surface area contributed by atoms with E-state index in [2.05, 4.69) is 15.3 Å². The molecule has 1 heterocycles. The van der Waals surface area contributed by atoms with Gasteiger partial charge in [0, 0.05) is 5.69 Å². The maximum absolute atomic E-state index is 12.4. The number of aliphatic hydroxyl groups excluding tert-OH is 1. The van der Waals surface area contributed by atoms with E-state index in [1.54, 1.807) is 61.7 Å². The molecule has 3 aromatic rings. The molecule has 4 N–H and O–H groups in total. The highest BCUT2D eigenvalue weighted by molar-refractivity contribution is 5.91. The third-order valence-electron chi connectivity index (χ3n) is 4.06. The van der Waals surface area contributed by atoms with Crippen molar-refractivity contribution in [3.63, 3.8) is 0 Å². The molecule has 0 saturated heterocycles. The molecule has 0 bridgehead atoms. The molecule has 1 aromatic heterocycles. The van der Waals surface area contributed by atoms with Crippen molar-refractivity contribution in [1.82, 2.24) is 9.97 Å². The molecule has 0 spiro atoms. The Labute approximate surface area is 164 Å². The minimum absolute atomic E-state index is 0.106. The molecule has 1 amide bonds. The van der Waals surface area contributed by atoms with E-state index in [0.29, 0.717) is 17.0 Å². The maximum Gasteiger partial charge on any atom is 0.272 e. The first kappa shape index (κ1) is 19.8. The third kappa shape index (κ3) is 5.08. The van der Waals surface area contributed by atoms with Crippen LogP contribution < -0.4 is 31.9 Å². The number of hydrogen-bond acceptors (Lipinski definition) is 5. The van der Waals surface area contributed by atoms with Crippen LogP contribution in [0.25, 0.3) is 12.2 Å². The van der Waals surface area contributed by atoms with Gasteiger partial charge in [-0.05, 0) is 47.5 Å².